The van der Waals surface area contributed by atoms with Crippen LogP contribution < -0.4 is 4.72 Å². The van der Waals surface area contributed by atoms with Gasteiger partial charge in [-0.2, -0.15) is 26.3 Å². The van der Waals surface area contributed by atoms with E-state index in [4.69, 9.17) is 0 Å². The molecular weight excluding hydrogens is 408 g/mol. The van der Waals surface area contributed by atoms with Gasteiger partial charge >= 0.3 is 12.4 Å². The molecular formula is C18H17F6NO2S. The molecule has 2 rings (SSSR count). The lowest BCUT2D eigenvalue weighted by atomic mass is 9.99. The number of nitrogens with one attached hydrogen (secondary N) is 1. The molecule has 0 saturated carbocycles. The van der Waals surface area contributed by atoms with E-state index in [1.54, 1.807) is 39.0 Å². The zero-order valence-corrected chi connectivity index (χ0v) is 15.9. The second kappa shape index (κ2) is 7.31. The summed E-state index contributed by atoms with van der Waals surface area (Å²) in [5.74, 6) is -0.134. The van der Waals surface area contributed by atoms with Crippen LogP contribution in [-0.2, 0) is 22.4 Å². The summed E-state index contributed by atoms with van der Waals surface area (Å²) in [6.07, 6.45) is -10.3. The number of benzene rings is 2. The van der Waals surface area contributed by atoms with Crippen LogP contribution in [0, 0.1) is 6.92 Å². The third-order valence-corrected chi connectivity index (χ3v) is 5.36. The van der Waals surface area contributed by atoms with Crippen molar-refractivity contribution in [1.82, 2.24) is 0 Å². The molecule has 2 aromatic carbocycles. The minimum Gasteiger partial charge on any atom is -0.279 e. The molecule has 3 nitrogen and oxygen atoms in total. The molecule has 0 fully saturated rings. The Morgan fingerprint density at radius 3 is 1.82 bits per heavy atom. The molecule has 0 aromatic heterocycles. The van der Waals surface area contributed by atoms with E-state index in [0.717, 1.165) is 0 Å². The zero-order valence-electron chi connectivity index (χ0n) is 15.0. The molecule has 0 spiro atoms. The Kier molecular flexibility index (Phi) is 5.76. The van der Waals surface area contributed by atoms with Gasteiger partial charge in [0.15, 0.2) is 0 Å². The molecule has 0 radical (unpaired) electrons. The Balaban J connectivity index is 2.64. The maximum atomic E-state index is 13.0. The lowest BCUT2D eigenvalue weighted by Gasteiger charge is -2.19. The number of para-hydroxylation sites is 1. The van der Waals surface area contributed by atoms with E-state index in [-0.39, 0.29) is 29.8 Å². The van der Waals surface area contributed by atoms with E-state index >= 15 is 0 Å². The van der Waals surface area contributed by atoms with Crippen LogP contribution in [0.2, 0.25) is 0 Å². The molecule has 0 amide bonds. The number of sulfonamides is 1. The first-order chi connectivity index (χ1) is 12.6. The highest BCUT2D eigenvalue weighted by Crippen LogP contribution is 2.38. The Bertz CT molecular complexity index is 946. The fourth-order valence-corrected chi connectivity index (χ4v) is 3.82. The zero-order chi connectivity index (χ0) is 21.5. The van der Waals surface area contributed by atoms with Crippen LogP contribution in [0.5, 0.6) is 0 Å². The monoisotopic (exact) mass is 425 g/mol. The average molecular weight is 425 g/mol. The summed E-state index contributed by atoms with van der Waals surface area (Å²) in [6.45, 7) is 5.13. The largest absolute Gasteiger partial charge is 0.416 e. The molecule has 0 heterocycles. The molecule has 0 aliphatic carbocycles. The molecule has 0 bridgehead atoms. The predicted molar refractivity (Wildman–Crippen MR) is 92.5 cm³/mol. The van der Waals surface area contributed by atoms with Crippen LogP contribution in [0.3, 0.4) is 0 Å². The van der Waals surface area contributed by atoms with Crippen molar-refractivity contribution in [3.8, 4) is 0 Å². The van der Waals surface area contributed by atoms with Gasteiger partial charge in [-0.05, 0) is 42.2 Å². The maximum Gasteiger partial charge on any atom is 0.416 e. The SMILES string of the molecule is Cc1cccc(C(C)C)c1NS(=O)(=O)c1cc(C(F)(F)F)cc(C(F)(F)F)c1. The van der Waals surface area contributed by atoms with Crippen molar-refractivity contribution in [2.24, 2.45) is 0 Å². The van der Waals surface area contributed by atoms with Crippen LogP contribution in [-0.4, -0.2) is 8.42 Å². The van der Waals surface area contributed by atoms with Crippen LogP contribution in [0.25, 0.3) is 0 Å². The number of alkyl halides is 6. The number of halogens is 6. The van der Waals surface area contributed by atoms with Gasteiger partial charge in [-0.3, -0.25) is 4.72 Å². The fraction of sp³-hybridized carbons (Fsp3) is 0.333. The van der Waals surface area contributed by atoms with Gasteiger partial charge < -0.3 is 0 Å². The van der Waals surface area contributed by atoms with Crippen molar-refractivity contribution in [2.75, 3.05) is 4.72 Å². The second-order valence-electron chi connectivity index (χ2n) is 6.54. The fourth-order valence-electron chi connectivity index (χ4n) is 2.59. The third-order valence-electron chi connectivity index (χ3n) is 4.03. The third kappa shape index (κ3) is 4.78. The summed E-state index contributed by atoms with van der Waals surface area (Å²) in [4.78, 5) is -1.12. The Hall–Kier alpha value is -2.23. The molecule has 28 heavy (non-hydrogen) atoms. The number of aryl methyl sites for hydroxylation is 1. The lowest BCUT2D eigenvalue weighted by molar-refractivity contribution is -0.143. The van der Waals surface area contributed by atoms with E-state index in [2.05, 4.69) is 4.72 Å². The van der Waals surface area contributed by atoms with Crippen LogP contribution in [0.15, 0.2) is 41.3 Å². The van der Waals surface area contributed by atoms with E-state index in [1.165, 1.54) is 0 Å². The Labute approximate surface area is 158 Å². The highest BCUT2D eigenvalue weighted by atomic mass is 32.2. The van der Waals surface area contributed by atoms with E-state index in [0.29, 0.717) is 11.1 Å². The second-order valence-corrected chi connectivity index (χ2v) is 8.22. The molecule has 10 heteroatoms. The highest BCUT2D eigenvalue weighted by molar-refractivity contribution is 7.92. The maximum absolute atomic E-state index is 13.0. The summed E-state index contributed by atoms with van der Waals surface area (Å²) in [5.41, 5.74) is -2.22. The van der Waals surface area contributed by atoms with Crippen molar-refractivity contribution < 1.29 is 34.8 Å². The summed E-state index contributed by atoms with van der Waals surface area (Å²) >= 11 is 0. The van der Waals surface area contributed by atoms with Crippen molar-refractivity contribution in [3.05, 3.63) is 58.7 Å². The molecule has 1 N–H and O–H groups in total. The summed E-state index contributed by atoms with van der Waals surface area (Å²) in [6, 6.07) is 5.14. The standard InChI is InChI=1S/C18H17F6NO2S/c1-10(2)15-6-4-5-11(3)16(15)25-28(26,27)14-8-12(17(19,20)21)7-13(9-14)18(22,23)24/h4-10,25H,1-3H3. The van der Waals surface area contributed by atoms with Gasteiger partial charge in [0, 0.05) is 0 Å². The molecule has 2 aromatic rings. The quantitative estimate of drug-likeness (QED) is 0.615. The molecule has 0 aliphatic rings. The first-order valence-corrected chi connectivity index (χ1v) is 9.53. The van der Waals surface area contributed by atoms with Gasteiger partial charge in [-0.1, -0.05) is 32.0 Å². The van der Waals surface area contributed by atoms with Gasteiger partial charge in [0.2, 0.25) is 0 Å². The first-order valence-electron chi connectivity index (χ1n) is 8.04. The van der Waals surface area contributed by atoms with E-state index in [1.807, 2.05) is 0 Å². The minimum absolute atomic E-state index is 0.119. The molecule has 0 atom stereocenters. The predicted octanol–water partition coefficient (Wildman–Crippen LogP) is 5.96. The smallest absolute Gasteiger partial charge is 0.279 e. The normalized spacial score (nSPS) is 13.1. The lowest BCUT2D eigenvalue weighted by Crippen LogP contribution is -2.18. The van der Waals surface area contributed by atoms with Crippen molar-refractivity contribution in [1.29, 1.82) is 0 Å². The van der Waals surface area contributed by atoms with Crippen molar-refractivity contribution in [3.63, 3.8) is 0 Å². The minimum atomic E-state index is -5.14. The van der Waals surface area contributed by atoms with Crippen molar-refractivity contribution >= 4 is 15.7 Å². The van der Waals surface area contributed by atoms with Crippen LogP contribution in [0.4, 0.5) is 32.0 Å². The van der Waals surface area contributed by atoms with Crippen molar-refractivity contribution in [2.45, 2.75) is 43.9 Å². The number of hydrogen-bond donors (Lipinski definition) is 1. The molecule has 0 saturated heterocycles. The average Bonchev–Trinajstić information content (AvgIpc) is 2.54. The molecule has 154 valence electrons. The number of rotatable bonds is 4. The Morgan fingerprint density at radius 2 is 1.39 bits per heavy atom. The van der Waals surface area contributed by atoms with Gasteiger partial charge in [0.05, 0.1) is 21.7 Å². The van der Waals surface area contributed by atoms with Crippen LogP contribution >= 0.6 is 0 Å². The number of hydrogen-bond acceptors (Lipinski definition) is 2. The Morgan fingerprint density at radius 1 is 0.893 bits per heavy atom. The summed E-state index contributed by atoms with van der Waals surface area (Å²) in [7, 11) is -4.71. The first kappa shape index (κ1) is 22.1. The van der Waals surface area contributed by atoms with E-state index in [9.17, 15) is 34.8 Å². The highest BCUT2D eigenvalue weighted by Gasteiger charge is 2.38. The topological polar surface area (TPSA) is 46.2 Å². The van der Waals surface area contributed by atoms with Gasteiger partial charge in [-0.15, -0.1) is 0 Å². The van der Waals surface area contributed by atoms with Gasteiger partial charge in [0.1, 0.15) is 0 Å². The van der Waals surface area contributed by atoms with Gasteiger partial charge in [-0.25, -0.2) is 8.42 Å². The number of anilines is 1. The summed E-state index contributed by atoms with van der Waals surface area (Å²) < 4.78 is 105. The summed E-state index contributed by atoms with van der Waals surface area (Å²) in [5, 5.41) is 0. The van der Waals surface area contributed by atoms with E-state index < -0.39 is 38.4 Å². The molecule has 0 aliphatic heterocycles. The molecule has 0 unspecified atom stereocenters. The van der Waals surface area contributed by atoms with Gasteiger partial charge in [0.25, 0.3) is 10.0 Å². The van der Waals surface area contributed by atoms with Crippen LogP contribution in [0.1, 0.15) is 42.0 Å².